The van der Waals surface area contributed by atoms with Gasteiger partial charge in [0.25, 0.3) is 0 Å². The van der Waals surface area contributed by atoms with E-state index in [1.54, 1.807) is 0 Å². The molecule has 3 heteroatoms. The van der Waals surface area contributed by atoms with Gasteiger partial charge in [0, 0.05) is 5.56 Å². The zero-order valence-corrected chi connectivity index (χ0v) is 11.6. The Bertz CT molecular complexity index is 722. The first-order chi connectivity index (χ1) is 9.65. The number of nitrogens with zero attached hydrogens (tertiary/aromatic N) is 1. The normalized spacial score (nSPS) is 10.7. The van der Waals surface area contributed by atoms with Crippen LogP contribution >= 0.6 is 0 Å². The minimum Gasteiger partial charge on any atom is -0.382 e. The topological polar surface area (TPSA) is 54.7 Å². The van der Waals surface area contributed by atoms with Crippen LogP contribution in [0, 0.1) is 13.8 Å². The summed E-state index contributed by atoms with van der Waals surface area (Å²) in [5, 5.41) is 7.21. The van der Waals surface area contributed by atoms with Crippen LogP contribution in [0.2, 0.25) is 0 Å². The van der Waals surface area contributed by atoms with E-state index < -0.39 is 0 Å². The molecule has 0 unspecified atom stereocenters. The van der Waals surface area contributed by atoms with E-state index in [4.69, 9.17) is 5.73 Å². The van der Waals surface area contributed by atoms with Gasteiger partial charge in [-0.2, -0.15) is 5.10 Å². The number of nitrogens with one attached hydrogen (secondary N) is 1. The molecule has 0 amide bonds. The number of hydrogen-bond donors (Lipinski definition) is 2. The lowest BCUT2D eigenvalue weighted by atomic mass is 9.99. The fourth-order valence-corrected chi connectivity index (χ4v) is 2.30. The summed E-state index contributed by atoms with van der Waals surface area (Å²) in [5.41, 5.74) is 12.6. The molecule has 3 aromatic rings. The number of aryl methyl sites for hydroxylation is 2. The van der Waals surface area contributed by atoms with Crippen molar-refractivity contribution >= 4 is 5.82 Å². The first kappa shape index (κ1) is 12.5. The fraction of sp³-hybridized carbons (Fsp3) is 0.118. The van der Waals surface area contributed by atoms with Gasteiger partial charge in [0.05, 0.1) is 11.3 Å². The lowest BCUT2D eigenvalue weighted by Gasteiger charge is -2.06. The Hall–Kier alpha value is -2.55. The molecule has 0 bridgehead atoms. The Labute approximate surface area is 118 Å². The van der Waals surface area contributed by atoms with Crippen molar-refractivity contribution in [2.45, 2.75) is 13.8 Å². The van der Waals surface area contributed by atoms with Gasteiger partial charge in [0.1, 0.15) is 0 Å². The Morgan fingerprint density at radius 3 is 1.85 bits per heavy atom. The predicted octanol–water partition coefficient (Wildman–Crippen LogP) is 3.94. The zero-order chi connectivity index (χ0) is 14.1. The Kier molecular flexibility index (Phi) is 3.03. The summed E-state index contributed by atoms with van der Waals surface area (Å²) in [4.78, 5) is 0. The van der Waals surface area contributed by atoms with E-state index in [0.29, 0.717) is 5.82 Å². The summed E-state index contributed by atoms with van der Waals surface area (Å²) in [7, 11) is 0. The number of nitrogens with two attached hydrogens (primary N) is 1. The van der Waals surface area contributed by atoms with Gasteiger partial charge in [0.15, 0.2) is 5.82 Å². The van der Waals surface area contributed by atoms with Crippen LogP contribution in [-0.2, 0) is 0 Å². The second-order valence-electron chi connectivity index (χ2n) is 5.09. The summed E-state index contributed by atoms with van der Waals surface area (Å²) in [6, 6.07) is 16.7. The van der Waals surface area contributed by atoms with Crippen LogP contribution in [0.4, 0.5) is 5.82 Å². The molecule has 0 fully saturated rings. The van der Waals surface area contributed by atoms with Crippen LogP contribution in [0.5, 0.6) is 0 Å². The van der Waals surface area contributed by atoms with E-state index in [-0.39, 0.29) is 0 Å². The molecule has 20 heavy (non-hydrogen) atoms. The molecule has 0 atom stereocenters. The van der Waals surface area contributed by atoms with E-state index in [2.05, 4.69) is 72.6 Å². The predicted molar refractivity (Wildman–Crippen MR) is 83.3 cm³/mol. The molecule has 3 N–H and O–H groups in total. The first-order valence-corrected chi connectivity index (χ1v) is 6.63. The third-order valence-electron chi connectivity index (χ3n) is 3.47. The van der Waals surface area contributed by atoms with Crippen LogP contribution in [0.15, 0.2) is 48.5 Å². The van der Waals surface area contributed by atoms with Gasteiger partial charge in [-0.05, 0) is 19.4 Å². The summed E-state index contributed by atoms with van der Waals surface area (Å²) < 4.78 is 0. The number of hydrogen-bond acceptors (Lipinski definition) is 2. The summed E-state index contributed by atoms with van der Waals surface area (Å²) >= 11 is 0. The Balaban J connectivity index is 2.14. The highest BCUT2D eigenvalue weighted by Gasteiger charge is 2.14. The minimum absolute atomic E-state index is 0.532. The van der Waals surface area contributed by atoms with Crippen LogP contribution in [0.3, 0.4) is 0 Å². The molecule has 0 aliphatic heterocycles. The van der Waals surface area contributed by atoms with E-state index >= 15 is 0 Å². The molecule has 3 nitrogen and oxygen atoms in total. The van der Waals surface area contributed by atoms with Crippen molar-refractivity contribution in [3.8, 4) is 22.4 Å². The van der Waals surface area contributed by atoms with Crippen molar-refractivity contribution in [1.29, 1.82) is 0 Å². The maximum Gasteiger partial charge on any atom is 0.153 e. The molecular formula is C17H17N3. The number of anilines is 1. The molecule has 3 rings (SSSR count). The second-order valence-corrected chi connectivity index (χ2v) is 5.09. The molecule has 0 saturated heterocycles. The van der Waals surface area contributed by atoms with Crippen molar-refractivity contribution in [1.82, 2.24) is 10.2 Å². The number of nitrogen functional groups attached to an aromatic ring is 1. The molecule has 0 spiro atoms. The van der Waals surface area contributed by atoms with Crippen molar-refractivity contribution < 1.29 is 0 Å². The summed E-state index contributed by atoms with van der Waals surface area (Å²) in [6.07, 6.45) is 0. The highest BCUT2D eigenvalue weighted by atomic mass is 15.2. The fourth-order valence-electron chi connectivity index (χ4n) is 2.30. The quantitative estimate of drug-likeness (QED) is 0.735. The van der Waals surface area contributed by atoms with Crippen LogP contribution in [0.1, 0.15) is 11.1 Å². The Morgan fingerprint density at radius 2 is 1.30 bits per heavy atom. The van der Waals surface area contributed by atoms with Crippen LogP contribution in [0.25, 0.3) is 22.4 Å². The van der Waals surface area contributed by atoms with Gasteiger partial charge in [-0.15, -0.1) is 0 Å². The number of aromatic nitrogens is 2. The van der Waals surface area contributed by atoms with E-state index in [1.807, 2.05) is 0 Å². The molecule has 1 aromatic heterocycles. The molecule has 1 heterocycles. The minimum atomic E-state index is 0.532. The molecule has 0 radical (unpaired) electrons. The molecule has 2 aromatic carbocycles. The average molecular weight is 263 g/mol. The third kappa shape index (κ3) is 2.18. The maximum absolute atomic E-state index is 6.04. The molecule has 0 aliphatic rings. The van der Waals surface area contributed by atoms with Gasteiger partial charge < -0.3 is 5.73 Å². The van der Waals surface area contributed by atoms with Gasteiger partial charge in [-0.25, -0.2) is 0 Å². The standard InChI is InChI=1S/C17H17N3/c1-11-3-7-13(8-4-11)15-16(19-20-17(15)18)14-9-5-12(2)6-10-14/h3-10H,1-2H3,(H3,18,19,20). The summed E-state index contributed by atoms with van der Waals surface area (Å²) in [5.74, 6) is 0.532. The lowest BCUT2D eigenvalue weighted by Crippen LogP contribution is -1.89. The van der Waals surface area contributed by atoms with Gasteiger partial charge >= 0.3 is 0 Å². The first-order valence-electron chi connectivity index (χ1n) is 6.63. The zero-order valence-electron chi connectivity index (χ0n) is 11.6. The number of H-pyrrole nitrogens is 1. The smallest absolute Gasteiger partial charge is 0.153 e. The maximum atomic E-state index is 6.04. The SMILES string of the molecule is Cc1ccc(-c2[nH]nc(N)c2-c2ccc(C)cc2)cc1. The second kappa shape index (κ2) is 4.85. The van der Waals surface area contributed by atoms with Crippen LogP contribution in [-0.4, -0.2) is 10.2 Å². The highest BCUT2D eigenvalue weighted by molar-refractivity contribution is 5.87. The van der Waals surface area contributed by atoms with Crippen molar-refractivity contribution in [2.24, 2.45) is 0 Å². The third-order valence-corrected chi connectivity index (χ3v) is 3.47. The van der Waals surface area contributed by atoms with Crippen molar-refractivity contribution in [2.75, 3.05) is 5.73 Å². The monoisotopic (exact) mass is 263 g/mol. The van der Waals surface area contributed by atoms with Crippen LogP contribution < -0.4 is 5.73 Å². The highest BCUT2D eigenvalue weighted by Crippen LogP contribution is 2.34. The molecular weight excluding hydrogens is 246 g/mol. The molecule has 0 saturated carbocycles. The molecule has 100 valence electrons. The summed E-state index contributed by atoms with van der Waals surface area (Å²) in [6.45, 7) is 4.15. The number of rotatable bonds is 2. The van der Waals surface area contributed by atoms with Crippen molar-refractivity contribution in [3.05, 3.63) is 59.7 Å². The largest absolute Gasteiger partial charge is 0.382 e. The van der Waals surface area contributed by atoms with E-state index in [9.17, 15) is 0 Å². The van der Waals surface area contributed by atoms with Crippen molar-refractivity contribution in [3.63, 3.8) is 0 Å². The van der Waals surface area contributed by atoms with Gasteiger partial charge in [0.2, 0.25) is 0 Å². The molecule has 0 aliphatic carbocycles. The Morgan fingerprint density at radius 1 is 0.800 bits per heavy atom. The van der Waals surface area contributed by atoms with E-state index in [1.165, 1.54) is 11.1 Å². The van der Waals surface area contributed by atoms with E-state index in [0.717, 1.165) is 22.4 Å². The lowest BCUT2D eigenvalue weighted by molar-refractivity contribution is 1.10. The number of aromatic amines is 1. The van der Waals surface area contributed by atoms with Gasteiger partial charge in [-0.1, -0.05) is 59.7 Å². The number of benzene rings is 2. The average Bonchev–Trinajstić information content (AvgIpc) is 2.83. The van der Waals surface area contributed by atoms with Gasteiger partial charge in [-0.3, -0.25) is 5.10 Å².